The lowest BCUT2D eigenvalue weighted by Crippen LogP contribution is -2.05. The number of hydrogen-bond donors (Lipinski definition) is 0. The average molecular weight is 229 g/mol. The Labute approximate surface area is 86.8 Å². The molecule has 0 aromatic heterocycles. The minimum atomic E-state index is -3.71. The maximum absolute atomic E-state index is 13.1. The second-order valence-corrected chi connectivity index (χ2v) is 4.70. The Kier molecular flexibility index (Phi) is 3.27. The van der Waals surface area contributed by atoms with Gasteiger partial charge in [0.15, 0.2) is 21.4 Å². The summed E-state index contributed by atoms with van der Waals surface area (Å²) in [5, 5.41) is 8.29. The second-order valence-electron chi connectivity index (χ2n) is 2.71. The van der Waals surface area contributed by atoms with E-state index >= 15 is 0 Å². The van der Waals surface area contributed by atoms with Crippen LogP contribution in [0.15, 0.2) is 23.1 Å². The largest absolute Gasteiger partial charge is 0.494 e. The molecule has 0 atom stereocenters. The number of ether oxygens (including phenoxy) is 1. The summed E-state index contributed by atoms with van der Waals surface area (Å²) >= 11 is 0. The molecule has 0 spiro atoms. The van der Waals surface area contributed by atoms with Crippen LogP contribution in [0.4, 0.5) is 4.39 Å². The molecule has 0 aliphatic carbocycles. The number of nitrogens with zero attached hydrogens (tertiary/aromatic N) is 1. The Bertz CT molecular complexity index is 505. The third kappa shape index (κ3) is 2.44. The Hall–Kier alpha value is -1.61. The van der Waals surface area contributed by atoms with Gasteiger partial charge in [0, 0.05) is 0 Å². The molecule has 0 aliphatic heterocycles. The van der Waals surface area contributed by atoms with Crippen molar-refractivity contribution in [2.24, 2.45) is 0 Å². The van der Waals surface area contributed by atoms with E-state index in [0.29, 0.717) is 0 Å². The molecular formula is C9H8FNO3S. The minimum Gasteiger partial charge on any atom is -0.494 e. The lowest BCUT2D eigenvalue weighted by Gasteiger charge is -2.04. The van der Waals surface area contributed by atoms with Gasteiger partial charge in [0.05, 0.1) is 18.1 Å². The maximum atomic E-state index is 13.1. The zero-order valence-corrected chi connectivity index (χ0v) is 8.71. The minimum absolute atomic E-state index is 0.0362. The highest BCUT2D eigenvalue weighted by Gasteiger charge is 2.16. The lowest BCUT2D eigenvalue weighted by atomic mass is 10.3. The molecule has 0 saturated heterocycles. The number of sulfone groups is 1. The summed E-state index contributed by atoms with van der Waals surface area (Å²) in [5.74, 6) is -1.47. The van der Waals surface area contributed by atoms with Crippen LogP contribution in [-0.4, -0.2) is 21.3 Å². The van der Waals surface area contributed by atoms with Crippen molar-refractivity contribution in [3.8, 4) is 11.8 Å². The Balaban J connectivity index is 3.20. The van der Waals surface area contributed by atoms with E-state index in [0.717, 1.165) is 6.07 Å². The highest BCUT2D eigenvalue weighted by molar-refractivity contribution is 7.91. The first kappa shape index (κ1) is 11.5. The molecule has 0 heterocycles. The van der Waals surface area contributed by atoms with E-state index in [4.69, 9.17) is 5.26 Å². The van der Waals surface area contributed by atoms with Gasteiger partial charge in [-0.2, -0.15) is 5.26 Å². The van der Waals surface area contributed by atoms with Crippen LogP contribution in [0.2, 0.25) is 0 Å². The molecule has 80 valence electrons. The smallest absolute Gasteiger partial charge is 0.191 e. The summed E-state index contributed by atoms with van der Waals surface area (Å²) < 4.78 is 40.5. The van der Waals surface area contributed by atoms with Crippen molar-refractivity contribution in [3.05, 3.63) is 24.0 Å². The Morgan fingerprint density at radius 1 is 1.53 bits per heavy atom. The van der Waals surface area contributed by atoms with Gasteiger partial charge in [0.1, 0.15) is 5.75 Å². The van der Waals surface area contributed by atoms with Gasteiger partial charge in [-0.05, 0) is 18.2 Å². The summed E-state index contributed by atoms with van der Waals surface area (Å²) in [6.45, 7) is 0. The quantitative estimate of drug-likeness (QED) is 0.779. The molecular weight excluding hydrogens is 221 g/mol. The standard InChI is InChI=1S/C9H8FNO3S/c1-14-9-3-2-7(6-8(9)10)15(12,13)5-4-11/h2-3,6H,5H2,1H3. The van der Waals surface area contributed by atoms with Crippen LogP contribution in [0.1, 0.15) is 0 Å². The number of rotatable bonds is 3. The van der Waals surface area contributed by atoms with E-state index in [-0.39, 0.29) is 10.6 Å². The van der Waals surface area contributed by atoms with Gasteiger partial charge in [0.25, 0.3) is 0 Å². The monoisotopic (exact) mass is 229 g/mol. The number of benzene rings is 1. The highest BCUT2D eigenvalue weighted by atomic mass is 32.2. The molecule has 4 nitrogen and oxygen atoms in total. The van der Waals surface area contributed by atoms with Crippen molar-refractivity contribution < 1.29 is 17.5 Å². The van der Waals surface area contributed by atoms with Crippen molar-refractivity contribution in [2.75, 3.05) is 12.9 Å². The second kappa shape index (κ2) is 4.28. The van der Waals surface area contributed by atoms with Gasteiger partial charge in [-0.3, -0.25) is 0 Å². The average Bonchev–Trinajstić information content (AvgIpc) is 2.17. The van der Waals surface area contributed by atoms with Gasteiger partial charge in [-0.15, -0.1) is 0 Å². The molecule has 0 amide bonds. The Morgan fingerprint density at radius 3 is 2.67 bits per heavy atom. The van der Waals surface area contributed by atoms with Crippen LogP contribution < -0.4 is 4.74 Å². The van der Waals surface area contributed by atoms with E-state index < -0.39 is 21.4 Å². The molecule has 1 rings (SSSR count). The van der Waals surface area contributed by atoms with Crippen molar-refractivity contribution >= 4 is 9.84 Å². The summed E-state index contributed by atoms with van der Waals surface area (Å²) in [7, 11) is -2.43. The van der Waals surface area contributed by atoms with Gasteiger partial charge in [-0.25, -0.2) is 12.8 Å². The molecule has 0 aliphatic rings. The number of nitriles is 1. The Morgan fingerprint density at radius 2 is 2.20 bits per heavy atom. The predicted octanol–water partition coefficient (Wildman–Crippen LogP) is 1.13. The van der Waals surface area contributed by atoms with Gasteiger partial charge < -0.3 is 4.74 Å². The van der Waals surface area contributed by atoms with Crippen LogP contribution in [0, 0.1) is 17.1 Å². The number of halogens is 1. The number of methoxy groups -OCH3 is 1. The van der Waals surface area contributed by atoms with Crippen molar-refractivity contribution in [1.29, 1.82) is 5.26 Å². The molecule has 0 fully saturated rings. The topological polar surface area (TPSA) is 67.2 Å². The fourth-order valence-corrected chi connectivity index (χ4v) is 1.90. The molecule has 0 unspecified atom stereocenters. The van der Waals surface area contributed by atoms with Crippen LogP contribution in [0.25, 0.3) is 0 Å². The molecule has 1 aromatic carbocycles. The molecule has 15 heavy (non-hydrogen) atoms. The summed E-state index contributed by atoms with van der Waals surface area (Å²) in [5.41, 5.74) is 0. The van der Waals surface area contributed by atoms with E-state index in [1.54, 1.807) is 0 Å². The molecule has 0 N–H and O–H groups in total. The molecule has 0 radical (unpaired) electrons. The van der Waals surface area contributed by atoms with E-state index in [1.807, 2.05) is 0 Å². The summed E-state index contributed by atoms with van der Waals surface area (Å²) in [4.78, 5) is -0.220. The molecule has 0 saturated carbocycles. The van der Waals surface area contributed by atoms with Crippen LogP contribution in [0.5, 0.6) is 5.75 Å². The lowest BCUT2D eigenvalue weighted by molar-refractivity contribution is 0.385. The van der Waals surface area contributed by atoms with Crippen LogP contribution in [-0.2, 0) is 9.84 Å². The fraction of sp³-hybridized carbons (Fsp3) is 0.222. The first-order valence-corrected chi connectivity index (χ1v) is 5.59. The normalized spacial score (nSPS) is 10.7. The predicted molar refractivity (Wildman–Crippen MR) is 50.6 cm³/mol. The van der Waals surface area contributed by atoms with Gasteiger partial charge >= 0.3 is 0 Å². The summed E-state index contributed by atoms with van der Waals surface area (Å²) in [6.07, 6.45) is 0. The highest BCUT2D eigenvalue weighted by Crippen LogP contribution is 2.21. The third-order valence-electron chi connectivity index (χ3n) is 1.74. The maximum Gasteiger partial charge on any atom is 0.191 e. The SMILES string of the molecule is COc1ccc(S(=O)(=O)CC#N)cc1F. The van der Waals surface area contributed by atoms with Gasteiger partial charge in [0.2, 0.25) is 0 Å². The van der Waals surface area contributed by atoms with Crippen LogP contribution in [0.3, 0.4) is 0 Å². The van der Waals surface area contributed by atoms with E-state index in [1.165, 1.54) is 25.3 Å². The molecule has 6 heteroatoms. The zero-order chi connectivity index (χ0) is 11.5. The fourth-order valence-electron chi connectivity index (χ4n) is 1.01. The van der Waals surface area contributed by atoms with Crippen molar-refractivity contribution in [2.45, 2.75) is 4.90 Å². The first-order chi connectivity index (χ1) is 7.01. The third-order valence-corrected chi connectivity index (χ3v) is 3.22. The number of hydrogen-bond acceptors (Lipinski definition) is 4. The van der Waals surface area contributed by atoms with E-state index in [2.05, 4.69) is 4.74 Å². The van der Waals surface area contributed by atoms with Crippen LogP contribution >= 0.6 is 0 Å². The first-order valence-electron chi connectivity index (χ1n) is 3.94. The molecule has 1 aromatic rings. The van der Waals surface area contributed by atoms with E-state index in [9.17, 15) is 12.8 Å². The summed E-state index contributed by atoms with van der Waals surface area (Å²) in [6, 6.07) is 4.76. The molecule has 0 bridgehead atoms. The zero-order valence-electron chi connectivity index (χ0n) is 7.90. The van der Waals surface area contributed by atoms with Gasteiger partial charge in [-0.1, -0.05) is 0 Å². The van der Waals surface area contributed by atoms with Crippen molar-refractivity contribution in [1.82, 2.24) is 0 Å². The van der Waals surface area contributed by atoms with Crippen molar-refractivity contribution in [3.63, 3.8) is 0 Å².